The monoisotopic (exact) mass is 348 g/mol. The van der Waals surface area contributed by atoms with Crippen LogP contribution in [0.15, 0.2) is 60.8 Å². The summed E-state index contributed by atoms with van der Waals surface area (Å²) in [7, 11) is 0. The van der Waals surface area contributed by atoms with Crippen molar-refractivity contribution in [3.8, 4) is 0 Å². The van der Waals surface area contributed by atoms with E-state index in [9.17, 15) is 9.90 Å². The molecule has 4 heteroatoms. The van der Waals surface area contributed by atoms with Gasteiger partial charge >= 0.3 is 0 Å². The fraction of sp³-hybridized carbons (Fsp3) is 0.318. The normalized spacial score (nSPS) is 23.3. The third-order valence-corrected chi connectivity index (χ3v) is 5.62. The van der Waals surface area contributed by atoms with Crippen molar-refractivity contribution >= 4 is 16.8 Å². The molecule has 2 N–H and O–H groups in total. The maximum atomic E-state index is 13.0. The van der Waals surface area contributed by atoms with Gasteiger partial charge in [-0.25, -0.2) is 0 Å². The quantitative estimate of drug-likeness (QED) is 0.759. The van der Waals surface area contributed by atoms with E-state index in [1.165, 1.54) is 5.56 Å². The highest BCUT2D eigenvalue weighted by Gasteiger charge is 2.39. The van der Waals surface area contributed by atoms with Crippen molar-refractivity contribution in [3.63, 3.8) is 0 Å². The first-order valence-corrected chi connectivity index (χ1v) is 9.16. The largest absolute Gasteiger partial charge is 0.390 e. The maximum absolute atomic E-state index is 13.0. The predicted octanol–water partition coefficient (Wildman–Crippen LogP) is 3.62. The molecular weight excluding hydrogens is 324 g/mol. The Morgan fingerprint density at radius 2 is 2.04 bits per heavy atom. The first-order chi connectivity index (χ1) is 12.5. The summed E-state index contributed by atoms with van der Waals surface area (Å²) in [6.07, 6.45) is 3.25. The van der Waals surface area contributed by atoms with Gasteiger partial charge in [-0.2, -0.15) is 0 Å². The molecule has 1 amide bonds. The van der Waals surface area contributed by atoms with Gasteiger partial charge < -0.3 is 15.0 Å². The number of amides is 1. The van der Waals surface area contributed by atoms with Crippen LogP contribution in [0.4, 0.5) is 0 Å². The van der Waals surface area contributed by atoms with Crippen molar-refractivity contribution in [2.45, 2.75) is 25.4 Å². The van der Waals surface area contributed by atoms with Crippen LogP contribution in [0.25, 0.3) is 10.9 Å². The molecule has 4 nitrogen and oxygen atoms in total. The number of piperidine rings is 1. The minimum absolute atomic E-state index is 0.0265. The number of aromatic nitrogens is 1. The van der Waals surface area contributed by atoms with E-state index in [4.69, 9.17) is 0 Å². The van der Waals surface area contributed by atoms with Crippen LogP contribution in [0.5, 0.6) is 0 Å². The molecule has 2 heterocycles. The van der Waals surface area contributed by atoms with Crippen molar-refractivity contribution in [2.75, 3.05) is 13.1 Å². The van der Waals surface area contributed by atoms with Crippen LogP contribution in [0.1, 0.15) is 29.3 Å². The number of carbonyl (C=O) groups excluding carboxylic acids is 1. The van der Waals surface area contributed by atoms with E-state index in [1.807, 2.05) is 60.5 Å². The van der Waals surface area contributed by atoms with Crippen LogP contribution in [-0.4, -0.2) is 39.6 Å². The van der Waals surface area contributed by atoms with Crippen molar-refractivity contribution in [1.82, 2.24) is 9.88 Å². The minimum atomic E-state index is -0.753. The summed E-state index contributed by atoms with van der Waals surface area (Å²) in [5.41, 5.74) is 2.18. The average Bonchev–Trinajstić information content (AvgIpc) is 3.11. The van der Waals surface area contributed by atoms with Gasteiger partial charge in [0.15, 0.2) is 0 Å². The molecule has 1 aliphatic rings. The lowest BCUT2D eigenvalue weighted by Gasteiger charge is -2.43. The Bertz CT molecular complexity index is 914. The lowest BCUT2D eigenvalue weighted by molar-refractivity contribution is -0.0507. The first-order valence-electron chi connectivity index (χ1n) is 9.16. The molecule has 4 rings (SSSR count). The summed E-state index contributed by atoms with van der Waals surface area (Å²) in [6.45, 7) is 3.06. The van der Waals surface area contributed by atoms with Crippen LogP contribution in [0, 0.1) is 5.92 Å². The van der Waals surface area contributed by atoms with Crippen molar-refractivity contribution in [2.24, 2.45) is 5.92 Å². The van der Waals surface area contributed by atoms with E-state index in [-0.39, 0.29) is 11.8 Å². The van der Waals surface area contributed by atoms with Crippen LogP contribution < -0.4 is 0 Å². The van der Waals surface area contributed by atoms with Gasteiger partial charge in [-0.3, -0.25) is 4.79 Å². The summed E-state index contributed by atoms with van der Waals surface area (Å²) in [5.74, 6) is 0.0697. The van der Waals surface area contributed by atoms with Gasteiger partial charge in [0.2, 0.25) is 0 Å². The molecule has 1 fully saturated rings. The van der Waals surface area contributed by atoms with E-state index in [0.29, 0.717) is 25.1 Å². The minimum Gasteiger partial charge on any atom is -0.390 e. The maximum Gasteiger partial charge on any atom is 0.253 e. The molecule has 0 saturated carbocycles. The molecule has 2 aromatic carbocycles. The van der Waals surface area contributed by atoms with Crippen molar-refractivity contribution < 1.29 is 9.90 Å². The Balaban J connectivity index is 1.54. The highest BCUT2D eigenvalue weighted by Crippen LogP contribution is 2.31. The number of hydrogen-bond acceptors (Lipinski definition) is 2. The second-order valence-electron chi connectivity index (χ2n) is 7.52. The lowest BCUT2D eigenvalue weighted by atomic mass is 9.78. The summed E-state index contributed by atoms with van der Waals surface area (Å²) in [4.78, 5) is 18.0. The number of hydrogen-bond donors (Lipinski definition) is 2. The Hall–Kier alpha value is -2.59. The third-order valence-electron chi connectivity index (χ3n) is 5.62. The molecule has 0 aliphatic carbocycles. The standard InChI is InChI=1S/C22H24N2O2/c1-22(26)10-12-24(15-19(22)13-16-5-3-2-4-6-16)21(25)18-7-8-20-17(14-18)9-11-23-20/h2-9,11,14,19,23,26H,10,12-13,15H2,1H3/t19-,22+/m0/s1. The molecule has 3 aromatic rings. The molecule has 0 bridgehead atoms. The van der Waals surface area contributed by atoms with Gasteiger partial charge in [0.1, 0.15) is 0 Å². The Kier molecular flexibility index (Phi) is 4.29. The number of carbonyl (C=O) groups is 1. The summed E-state index contributed by atoms with van der Waals surface area (Å²) >= 11 is 0. The van der Waals surface area contributed by atoms with Crippen LogP contribution >= 0.6 is 0 Å². The topological polar surface area (TPSA) is 56.3 Å². The number of benzene rings is 2. The molecule has 0 unspecified atom stereocenters. The van der Waals surface area contributed by atoms with Gasteiger partial charge in [-0.15, -0.1) is 0 Å². The van der Waals surface area contributed by atoms with E-state index in [0.717, 1.165) is 17.3 Å². The van der Waals surface area contributed by atoms with Crippen LogP contribution in [0.3, 0.4) is 0 Å². The average molecular weight is 348 g/mol. The second kappa shape index (κ2) is 6.61. The number of rotatable bonds is 3. The molecule has 1 saturated heterocycles. The highest BCUT2D eigenvalue weighted by atomic mass is 16.3. The molecule has 1 aliphatic heterocycles. The van der Waals surface area contributed by atoms with E-state index in [1.54, 1.807) is 0 Å². The van der Waals surface area contributed by atoms with Gasteiger partial charge in [0.05, 0.1) is 5.60 Å². The van der Waals surface area contributed by atoms with Crippen LogP contribution in [-0.2, 0) is 6.42 Å². The zero-order chi connectivity index (χ0) is 18.1. The number of likely N-dealkylation sites (tertiary alicyclic amines) is 1. The number of aliphatic hydroxyl groups is 1. The lowest BCUT2D eigenvalue weighted by Crippen LogP contribution is -2.52. The summed E-state index contributed by atoms with van der Waals surface area (Å²) < 4.78 is 0. The Morgan fingerprint density at radius 1 is 1.23 bits per heavy atom. The molecule has 2 atom stereocenters. The fourth-order valence-electron chi connectivity index (χ4n) is 3.86. The van der Waals surface area contributed by atoms with E-state index < -0.39 is 5.60 Å². The second-order valence-corrected chi connectivity index (χ2v) is 7.52. The first kappa shape index (κ1) is 16.9. The zero-order valence-corrected chi connectivity index (χ0v) is 15.0. The van der Waals surface area contributed by atoms with Gasteiger partial charge in [0, 0.05) is 41.7 Å². The zero-order valence-electron chi connectivity index (χ0n) is 15.0. The Labute approximate surface area is 153 Å². The van der Waals surface area contributed by atoms with E-state index >= 15 is 0 Å². The van der Waals surface area contributed by atoms with Crippen LogP contribution in [0.2, 0.25) is 0 Å². The predicted molar refractivity (Wildman–Crippen MR) is 103 cm³/mol. The SMILES string of the molecule is C[C@@]1(O)CCN(C(=O)c2ccc3[nH]ccc3c2)C[C@@H]1Cc1ccccc1. The fourth-order valence-corrected chi connectivity index (χ4v) is 3.86. The number of nitrogens with zero attached hydrogens (tertiary/aromatic N) is 1. The highest BCUT2D eigenvalue weighted by molar-refractivity contribution is 5.98. The summed E-state index contributed by atoms with van der Waals surface area (Å²) in [5, 5.41) is 11.9. The number of nitrogens with one attached hydrogen (secondary N) is 1. The molecule has 1 aromatic heterocycles. The molecule has 26 heavy (non-hydrogen) atoms. The number of fused-ring (bicyclic) bond motifs is 1. The smallest absolute Gasteiger partial charge is 0.253 e. The molecule has 134 valence electrons. The third kappa shape index (κ3) is 3.25. The van der Waals surface area contributed by atoms with E-state index in [2.05, 4.69) is 17.1 Å². The Morgan fingerprint density at radius 3 is 2.85 bits per heavy atom. The summed E-state index contributed by atoms with van der Waals surface area (Å²) in [6, 6.07) is 17.9. The van der Waals surface area contributed by atoms with Gasteiger partial charge in [-0.05, 0) is 49.6 Å². The molecule has 0 spiro atoms. The number of aromatic amines is 1. The van der Waals surface area contributed by atoms with Gasteiger partial charge in [0.25, 0.3) is 5.91 Å². The molecular formula is C22H24N2O2. The molecule has 0 radical (unpaired) electrons. The van der Waals surface area contributed by atoms with Crippen molar-refractivity contribution in [1.29, 1.82) is 0 Å². The number of H-pyrrole nitrogens is 1. The van der Waals surface area contributed by atoms with Gasteiger partial charge in [-0.1, -0.05) is 30.3 Å². The van der Waals surface area contributed by atoms with Crippen molar-refractivity contribution in [3.05, 3.63) is 71.9 Å².